The monoisotopic (exact) mass is 414 g/mol. The summed E-state index contributed by atoms with van der Waals surface area (Å²) in [4.78, 5) is 1.15. The Bertz CT molecular complexity index is 1170. The minimum atomic E-state index is 0.423. The van der Waals surface area contributed by atoms with Crippen LogP contribution in [0, 0.1) is 0 Å². The summed E-state index contributed by atoms with van der Waals surface area (Å²) in [5.74, 6) is 3.02. The molecule has 1 heterocycles. The van der Waals surface area contributed by atoms with Gasteiger partial charge < -0.3 is 9.47 Å². The van der Waals surface area contributed by atoms with Crippen molar-refractivity contribution in [2.24, 2.45) is 0 Å². The Kier molecular flexibility index (Phi) is 5.91. The molecule has 1 aromatic heterocycles. The number of methoxy groups -OCH3 is 1. The highest BCUT2D eigenvalue weighted by Gasteiger charge is 2.20. The number of benzene rings is 3. The summed E-state index contributed by atoms with van der Waals surface area (Å²) >= 11 is 1.75. The van der Waals surface area contributed by atoms with Gasteiger partial charge >= 0.3 is 0 Å². The van der Waals surface area contributed by atoms with E-state index in [9.17, 15) is 0 Å². The van der Waals surface area contributed by atoms with Crippen LogP contribution in [0.1, 0.15) is 30.9 Å². The minimum Gasteiger partial charge on any atom is -0.497 e. The van der Waals surface area contributed by atoms with Gasteiger partial charge in [-0.25, -0.2) is 0 Å². The van der Waals surface area contributed by atoms with Crippen LogP contribution >= 0.6 is 11.3 Å². The third-order valence-electron chi connectivity index (χ3n) is 5.20. The van der Waals surface area contributed by atoms with Crippen molar-refractivity contribution in [3.05, 3.63) is 90.5 Å². The quantitative estimate of drug-likeness (QED) is 0.284. The lowest BCUT2D eigenvalue weighted by Gasteiger charge is -2.14. The molecule has 0 bridgehead atoms. The van der Waals surface area contributed by atoms with E-state index in [4.69, 9.17) is 9.47 Å². The smallest absolute Gasteiger partial charge is 0.153 e. The van der Waals surface area contributed by atoms with Crippen LogP contribution in [-0.2, 0) is 6.42 Å². The fraction of sp³-hybridized carbons (Fsp3) is 0.185. The second kappa shape index (κ2) is 8.76. The fourth-order valence-electron chi connectivity index (χ4n) is 3.64. The van der Waals surface area contributed by atoms with Crippen molar-refractivity contribution in [3.8, 4) is 27.7 Å². The lowest BCUT2D eigenvalue weighted by molar-refractivity contribution is 0.415. The van der Waals surface area contributed by atoms with E-state index in [0.29, 0.717) is 5.92 Å². The maximum absolute atomic E-state index is 6.50. The molecule has 30 heavy (non-hydrogen) atoms. The van der Waals surface area contributed by atoms with Gasteiger partial charge in [-0.15, -0.1) is 17.9 Å². The predicted octanol–water partition coefficient (Wildman–Crippen LogP) is 8.22. The molecule has 0 atom stereocenters. The molecule has 152 valence electrons. The van der Waals surface area contributed by atoms with Crippen molar-refractivity contribution in [1.82, 2.24) is 0 Å². The van der Waals surface area contributed by atoms with Crippen LogP contribution < -0.4 is 9.47 Å². The van der Waals surface area contributed by atoms with Crippen LogP contribution in [-0.4, -0.2) is 7.11 Å². The standard InChI is InChI=1S/C27H26O2S/c1-5-8-19-11-13-20(14-12-19)29-26-24-16-15-21(28-4)17-25(24)30-27(26)23-10-7-6-9-22(23)18(2)3/h5-7,9-18H,1,8H2,2-4H3. The molecule has 0 amide bonds. The second-order valence-electron chi connectivity index (χ2n) is 7.60. The van der Waals surface area contributed by atoms with E-state index in [-0.39, 0.29) is 0 Å². The van der Waals surface area contributed by atoms with Crippen LogP contribution in [0.5, 0.6) is 17.2 Å². The molecule has 0 fully saturated rings. The van der Waals surface area contributed by atoms with Crippen molar-refractivity contribution in [2.45, 2.75) is 26.2 Å². The molecular formula is C27H26O2S. The van der Waals surface area contributed by atoms with E-state index in [2.05, 4.69) is 69.0 Å². The van der Waals surface area contributed by atoms with Crippen molar-refractivity contribution in [1.29, 1.82) is 0 Å². The number of hydrogen-bond acceptors (Lipinski definition) is 3. The van der Waals surface area contributed by atoms with Crippen LogP contribution in [0.3, 0.4) is 0 Å². The molecule has 0 aliphatic heterocycles. The van der Waals surface area contributed by atoms with Crippen LogP contribution in [0.15, 0.2) is 79.4 Å². The zero-order valence-electron chi connectivity index (χ0n) is 17.6. The van der Waals surface area contributed by atoms with Gasteiger partial charge in [0.1, 0.15) is 11.5 Å². The average Bonchev–Trinajstić information content (AvgIpc) is 3.12. The molecule has 0 N–H and O–H groups in total. The summed E-state index contributed by atoms with van der Waals surface area (Å²) in [6.45, 7) is 8.28. The largest absolute Gasteiger partial charge is 0.497 e. The molecular weight excluding hydrogens is 388 g/mol. The highest BCUT2D eigenvalue weighted by Crippen LogP contribution is 2.48. The number of allylic oxidation sites excluding steroid dienone is 1. The molecule has 0 unspecified atom stereocenters. The van der Waals surface area contributed by atoms with Crippen molar-refractivity contribution >= 4 is 21.4 Å². The Morgan fingerprint density at radius 3 is 2.40 bits per heavy atom. The molecule has 0 spiro atoms. The summed E-state index contributed by atoms with van der Waals surface area (Å²) < 4.78 is 13.1. The third kappa shape index (κ3) is 3.99. The first-order chi connectivity index (χ1) is 14.6. The lowest BCUT2D eigenvalue weighted by Crippen LogP contribution is -1.92. The first-order valence-corrected chi connectivity index (χ1v) is 11.0. The topological polar surface area (TPSA) is 18.5 Å². The first kappa shape index (κ1) is 20.2. The molecule has 0 aliphatic rings. The van der Waals surface area contributed by atoms with Gasteiger partial charge in [0, 0.05) is 10.1 Å². The van der Waals surface area contributed by atoms with Crippen molar-refractivity contribution < 1.29 is 9.47 Å². The predicted molar refractivity (Wildman–Crippen MR) is 128 cm³/mol. The maximum atomic E-state index is 6.50. The average molecular weight is 415 g/mol. The molecule has 0 saturated heterocycles. The van der Waals surface area contributed by atoms with E-state index in [1.807, 2.05) is 24.3 Å². The lowest BCUT2D eigenvalue weighted by atomic mass is 9.96. The SMILES string of the molecule is C=CCc1ccc(Oc2c(-c3ccccc3C(C)C)sc3cc(OC)ccc23)cc1. The molecule has 0 radical (unpaired) electrons. The summed E-state index contributed by atoms with van der Waals surface area (Å²) in [7, 11) is 1.70. The molecule has 0 aliphatic carbocycles. The third-order valence-corrected chi connectivity index (χ3v) is 6.37. The Balaban J connectivity index is 1.86. The van der Waals surface area contributed by atoms with Gasteiger partial charge in [-0.05, 0) is 59.4 Å². The summed E-state index contributed by atoms with van der Waals surface area (Å²) in [5.41, 5.74) is 3.77. The van der Waals surface area contributed by atoms with E-state index >= 15 is 0 Å². The normalized spacial score (nSPS) is 11.1. The number of rotatable bonds is 7. The number of thiophene rings is 1. The zero-order valence-corrected chi connectivity index (χ0v) is 18.5. The Morgan fingerprint density at radius 2 is 1.70 bits per heavy atom. The van der Waals surface area contributed by atoms with Gasteiger partial charge in [-0.3, -0.25) is 0 Å². The van der Waals surface area contributed by atoms with Gasteiger partial charge in [0.2, 0.25) is 0 Å². The summed E-state index contributed by atoms with van der Waals surface area (Å²) in [5, 5.41) is 1.10. The summed E-state index contributed by atoms with van der Waals surface area (Å²) in [6, 6.07) is 23.0. The van der Waals surface area contributed by atoms with E-state index < -0.39 is 0 Å². The summed E-state index contributed by atoms with van der Waals surface area (Å²) in [6.07, 6.45) is 2.77. The number of hydrogen-bond donors (Lipinski definition) is 0. The van der Waals surface area contributed by atoms with E-state index in [0.717, 1.165) is 38.6 Å². The van der Waals surface area contributed by atoms with Crippen LogP contribution in [0.25, 0.3) is 20.5 Å². The molecule has 3 aromatic carbocycles. The Hall–Kier alpha value is -3.04. The highest BCUT2D eigenvalue weighted by molar-refractivity contribution is 7.22. The number of ether oxygens (including phenoxy) is 2. The molecule has 4 rings (SSSR count). The van der Waals surface area contributed by atoms with Gasteiger partial charge in [-0.2, -0.15) is 0 Å². The number of fused-ring (bicyclic) bond motifs is 1. The highest BCUT2D eigenvalue weighted by atomic mass is 32.1. The van der Waals surface area contributed by atoms with Gasteiger partial charge in [-0.1, -0.05) is 56.3 Å². The second-order valence-corrected chi connectivity index (χ2v) is 8.66. The Morgan fingerprint density at radius 1 is 0.967 bits per heavy atom. The van der Waals surface area contributed by atoms with Crippen LogP contribution in [0.4, 0.5) is 0 Å². The fourth-order valence-corrected chi connectivity index (χ4v) is 4.85. The van der Waals surface area contributed by atoms with Gasteiger partial charge in [0.05, 0.1) is 12.0 Å². The zero-order chi connectivity index (χ0) is 21.1. The van der Waals surface area contributed by atoms with Gasteiger partial charge in [0.25, 0.3) is 0 Å². The van der Waals surface area contributed by atoms with Gasteiger partial charge in [0.15, 0.2) is 5.75 Å². The minimum absolute atomic E-state index is 0.423. The molecule has 4 aromatic rings. The molecule has 0 saturated carbocycles. The molecule has 3 heteroatoms. The van der Waals surface area contributed by atoms with Crippen LogP contribution in [0.2, 0.25) is 0 Å². The maximum Gasteiger partial charge on any atom is 0.153 e. The first-order valence-electron chi connectivity index (χ1n) is 10.2. The van der Waals surface area contributed by atoms with E-state index in [1.54, 1.807) is 18.4 Å². The van der Waals surface area contributed by atoms with Crippen molar-refractivity contribution in [2.75, 3.05) is 7.11 Å². The Labute approximate surface area is 182 Å². The van der Waals surface area contributed by atoms with Crippen molar-refractivity contribution in [3.63, 3.8) is 0 Å². The van der Waals surface area contributed by atoms with E-state index in [1.165, 1.54) is 16.7 Å². The molecule has 2 nitrogen and oxygen atoms in total.